The van der Waals surface area contributed by atoms with Gasteiger partial charge in [-0.1, -0.05) is 18.7 Å². The van der Waals surface area contributed by atoms with Crippen molar-refractivity contribution in [2.24, 2.45) is 0 Å². The van der Waals surface area contributed by atoms with E-state index in [1.807, 2.05) is 0 Å². The largest absolute Gasteiger partial charge is 0.417 e. The third kappa shape index (κ3) is 5.78. The molecule has 0 N–H and O–H groups in total. The molecule has 1 atom stereocenters. The monoisotopic (exact) mass is 568 g/mol. The molecule has 1 amide bonds. The van der Waals surface area contributed by atoms with Gasteiger partial charge in [0.1, 0.15) is 11.6 Å². The zero-order valence-electron chi connectivity index (χ0n) is 20.9. The number of methoxy groups -OCH3 is 1. The summed E-state index contributed by atoms with van der Waals surface area (Å²) in [6.07, 6.45) is -0.0954. The lowest BCUT2D eigenvalue weighted by atomic mass is 10.0. The maximum atomic E-state index is 14.4. The molecule has 2 aromatic rings. The second kappa shape index (κ2) is 11.7. The van der Waals surface area contributed by atoms with E-state index in [0.717, 1.165) is 36.1 Å². The number of aromatic nitrogens is 2. The molecule has 0 spiro atoms. The van der Waals surface area contributed by atoms with Gasteiger partial charge in [-0.15, -0.1) is 11.8 Å². The fourth-order valence-electron chi connectivity index (χ4n) is 4.69. The van der Waals surface area contributed by atoms with Gasteiger partial charge in [0.25, 0.3) is 0 Å². The third-order valence-corrected chi connectivity index (χ3v) is 7.69. The minimum absolute atomic E-state index is 0.0211. The maximum Gasteiger partial charge on any atom is 0.417 e. The summed E-state index contributed by atoms with van der Waals surface area (Å²) in [6.45, 7) is 4.68. The smallest absolute Gasteiger partial charge is 0.383 e. The van der Waals surface area contributed by atoms with E-state index in [-0.39, 0.29) is 78.0 Å². The molecule has 0 bridgehead atoms. The predicted molar refractivity (Wildman–Crippen MR) is 140 cm³/mol. The minimum Gasteiger partial charge on any atom is -0.383 e. The van der Waals surface area contributed by atoms with E-state index in [1.165, 1.54) is 17.8 Å². The molecule has 1 aromatic heterocycles. The lowest BCUT2D eigenvalue weighted by Crippen LogP contribution is -2.49. The van der Waals surface area contributed by atoms with Crippen molar-refractivity contribution in [1.82, 2.24) is 14.5 Å². The van der Waals surface area contributed by atoms with Crippen molar-refractivity contribution in [2.75, 3.05) is 50.5 Å². The van der Waals surface area contributed by atoms with E-state index in [2.05, 4.69) is 11.6 Å². The standard InChI is InChI=1S/C26H25F5N4O3S/c1-3-21(36)33-9-11-34(12-10-33)24-19-13-20(26(29,30)31)18(6-4-5-16(28)7-8-27)23-22(19)35(25(37)32-24)17(14-38-2)15-39-23/h3-8,13,17H,1,9-12,14-15H2,2H3/b6-4+,8-7+,16-5+. The SMILES string of the molecule is C=CC(=O)N1CCN(c2nc(=O)n3c4c(c(/C=C/C=C(F)\C=C\F)c(C(F)(F)F)cc24)SCC3COC)CC1. The first-order valence-corrected chi connectivity index (χ1v) is 12.9. The number of halogens is 5. The molecule has 3 heterocycles. The van der Waals surface area contributed by atoms with Crippen LogP contribution < -0.4 is 10.6 Å². The van der Waals surface area contributed by atoms with Crippen LogP contribution in [0.3, 0.4) is 0 Å². The number of piperazine rings is 1. The van der Waals surface area contributed by atoms with Crippen molar-refractivity contribution in [3.8, 4) is 0 Å². The van der Waals surface area contributed by atoms with Crippen molar-refractivity contribution in [3.05, 3.63) is 70.7 Å². The van der Waals surface area contributed by atoms with Gasteiger partial charge in [-0.2, -0.15) is 18.2 Å². The van der Waals surface area contributed by atoms with Crippen LogP contribution in [0.5, 0.6) is 0 Å². The second-order valence-corrected chi connectivity index (χ2v) is 9.82. The van der Waals surface area contributed by atoms with Crippen molar-refractivity contribution in [2.45, 2.75) is 17.1 Å². The quantitative estimate of drug-likeness (QED) is 0.269. The molecule has 0 saturated carbocycles. The summed E-state index contributed by atoms with van der Waals surface area (Å²) < 4.78 is 75.7. The Labute approximate surface area is 224 Å². The van der Waals surface area contributed by atoms with Crippen LogP contribution in [0.2, 0.25) is 0 Å². The molecular weight excluding hydrogens is 543 g/mol. The number of carbonyl (C=O) groups excluding carboxylic acids is 1. The number of thioether (sulfide) groups is 1. The number of alkyl halides is 3. The molecule has 208 valence electrons. The van der Waals surface area contributed by atoms with Crippen molar-refractivity contribution in [3.63, 3.8) is 0 Å². The van der Waals surface area contributed by atoms with Gasteiger partial charge in [0.15, 0.2) is 0 Å². The van der Waals surface area contributed by atoms with E-state index in [0.29, 0.717) is 6.08 Å². The van der Waals surface area contributed by atoms with E-state index in [9.17, 15) is 31.5 Å². The number of amides is 1. The Morgan fingerprint density at radius 1 is 1.28 bits per heavy atom. The number of hydrogen-bond acceptors (Lipinski definition) is 6. The molecule has 1 saturated heterocycles. The molecule has 1 unspecified atom stereocenters. The second-order valence-electron chi connectivity index (χ2n) is 8.79. The predicted octanol–water partition coefficient (Wildman–Crippen LogP) is 4.89. The topological polar surface area (TPSA) is 67.7 Å². The molecule has 7 nitrogen and oxygen atoms in total. The van der Waals surface area contributed by atoms with Crippen LogP contribution in [0.4, 0.5) is 27.8 Å². The summed E-state index contributed by atoms with van der Waals surface area (Å²) in [7, 11) is 1.46. The molecule has 4 rings (SSSR count). The average Bonchev–Trinajstić information content (AvgIpc) is 2.90. The summed E-state index contributed by atoms with van der Waals surface area (Å²) in [6, 6.07) is 0.474. The fourth-order valence-corrected chi connectivity index (χ4v) is 5.97. The first kappa shape index (κ1) is 28.6. The number of hydrogen-bond donors (Lipinski definition) is 0. The van der Waals surface area contributed by atoms with Gasteiger partial charge >= 0.3 is 11.9 Å². The number of ether oxygens (including phenoxy) is 1. The molecule has 13 heteroatoms. The Balaban J connectivity index is 1.96. The Hall–Kier alpha value is -3.45. The summed E-state index contributed by atoms with van der Waals surface area (Å²) in [5, 5.41) is 0.132. The molecule has 2 aliphatic heterocycles. The number of allylic oxidation sites excluding steroid dienone is 4. The minimum atomic E-state index is -4.79. The van der Waals surface area contributed by atoms with Crippen LogP contribution in [0.15, 0.2) is 58.8 Å². The van der Waals surface area contributed by atoms with E-state index < -0.39 is 29.3 Å². The lowest BCUT2D eigenvalue weighted by molar-refractivity contribution is -0.137. The zero-order chi connectivity index (χ0) is 28.3. The van der Waals surface area contributed by atoms with Crippen LogP contribution in [0.1, 0.15) is 17.2 Å². The van der Waals surface area contributed by atoms with Gasteiger partial charge in [0, 0.05) is 61.0 Å². The van der Waals surface area contributed by atoms with Crippen LogP contribution in [-0.2, 0) is 15.7 Å². The van der Waals surface area contributed by atoms with Crippen LogP contribution >= 0.6 is 11.8 Å². The fraction of sp³-hybridized carbons (Fsp3) is 0.346. The van der Waals surface area contributed by atoms with Crippen molar-refractivity contribution < 1.29 is 31.5 Å². The van der Waals surface area contributed by atoms with Crippen LogP contribution in [0, 0.1) is 0 Å². The van der Waals surface area contributed by atoms with Crippen molar-refractivity contribution in [1.29, 1.82) is 0 Å². The molecular formula is C26H25F5N4O3S. The molecule has 1 aromatic carbocycles. The normalized spacial score (nSPS) is 18.5. The summed E-state index contributed by atoms with van der Waals surface area (Å²) >= 11 is 1.14. The molecule has 0 radical (unpaired) electrons. The Morgan fingerprint density at radius 3 is 2.62 bits per heavy atom. The maximum absolute atomic E-state index is 14.4. The molecule has 1 fully saturated rings. The highest BCUT2D eigenvalue weighted by Gasteiger charge is 2.38. The van der Waals surface area contributed by atoms with Crippen LogP contribution in [0.25, 0.3) is 17.0 Å². The average molecular weight is 569 g/mol. The van der Waals surface area contributed by atoms with Gasteiger partial charge in [-0.25, -0.2) is 13.6 Å². The number of benzene rings is 1. The number of rotatable bonds is 7. The van der Waals surface area contributed by atoms with Crippen LogP contribution in [-0.4, -0.2) is 66.0 Å². The van der Waals surface area contributed by atoms with Gasteiger partial charge in [-0.05, 0) is 18.2 Å². The van der Waals surface area contributed by atoms with E-state index >= 15 is 0 Å². The zero-order valence-corrected chi connectivity index (χ0v) is 21.7. The third-order valence-electron chi connectivity index (χ3n) is 6.44. The molecule has 2 aliphatic rings. The Kier molecular flexibility index (Phi) is 8.60. The molecule has 0 aliphatic carbocycles. The summed E-state index contributed by atoms with van der Waals surface area (Å²) in [5.74, 6) is -0.906. The highest BCUT2D eigenvalue weighted by molar-refractivity contribution is 7.99. The summed E-state index contributed by atoms with van der Waals surface area (Å²) in [5.41, 5.74) is -1.59. The lowest BCUT2D eigenvalue weighted by Gasteiger charge is -2.36. The highest BCUT2D eigenvalue weighted by atomic mass is 32.2. The van der Waals surface area contributed by atoms with Gasteiger partial charge < -0.3 is 14.5 Å². The first-order chi connectivity index (χ1) is 18.6. The number of nitrogens with zero attached hydrogens (tertiary/aromatic N) is 4. The number of anilines is 1. The molecule has 39 heavy (non-hydrogen) atoms. The van der Waals surface area contributed by atoms with E-state index in [4.69, 9.17) is 4.74 Å². The highest BCUT2D eigenvalue weighted by Crippen LogP contribution is 2.46. The van der Waals surface area contributed by atoms with Gasteiger partial charge in [0.2, 0.25) is 5.91 Å². The van der Waals surface area contributed by atoms with Gasteiger partial charge in [0.05, 0.1) is 30.1 Å². The Bertz CT molecular complexity index is 1430. The Morgan fingerprint density at radius 2 is 2.00 bits per heavy atom. The van der Waals surface area contributed by atoms with E-state index in [1.54, 1.807) is 9.80 Å². The number of carbonyl (C=O) groups is 1. The first-order valence-electron chi connectivity index (χ1n) is 11.9. The van der Waals surface area contributed by atoms with Crippen molar-refractivity contribution >= 4 is 40.5 Å². The van der Waals surface area contributed by atoms with Gasteiger partial charge in [-0.3, -0.25) is 9.36 Å². The summed E-state index contributed by atoms with van der Waals surface area (Å²) in [4.78, 5) is 33.0.